The molecule has 0 aliphatic carbocycles. The van der Waals surface area contributed by atoms with Crippen molar-refractivity contribution in [3.63, 3.8) is 0 Å². The number of aromatic nitrogens is 4. The lowest BCUT2D eigenvalue weighted by Gasteiger charge is -2.08. The Morgan fingerprint density at radius 2 is 2.00 bits per heavy atom. The summed E-state index contributed by atoms with van der Waals surface area (Å²) < 4.78 is 4.20. The molecule has 0 atom stereocenters. The van der Waals surface area contributed by atoms with E-state index in [2.05, 4.69) is 15.5 Å². The Morgan fingerprint density at radius 3 is 2.75 bits per heavy atom. The lowest BCUT2D eigenvalue weighted by Crippen LogP contribution is -2.22. The molecule has 7 nitrogen and oxygen atoms in total. The van der Waals surface area contributed by atoms with Crippen LogP contribution in [-0.2, 0) is 11.3 Å². The second-order valence-electron chi connectivity index (χ2n) is 6.41. The summed E-state index contributed by atoms with van der Waals surface area (Å²) in [5.74, 6) is 0.598. The van der Waals surface area contributed by atoms with Crippen molar-refractivity contribution in [1.29, 1.82) is 0 Å². The van der Waals surface area contributed by atoms with Crippen molar-refractivity contribution in [1.82, 2.24) is 19.2 Å². The molecule has 0 aliphatic heterocycles. The maximum absolute atomic E-state index is 12.7. The normalized spacial score (nSPS) is 11.4. The number of carbonyl (C=O) groups excluding carboxylic acids is 1. The maximum atomic E-state index is 12.7. The largest absolute Gasteiger partial charge is 0.325 e. The molecule has 0 saturated carbocycles. The monoisotopic (exact) mass is 413 g/mol. The van der Waals surface area contributed by atoms with Crippen LogP contribution in [0.25, 0.3) is 16.0 Å². The highest BCUT2D eigenvalue weighted by atomic mass is 32.2. The summed E-state index contributed by atoms with van der Waals surface area (Å²) in [7, 11) is 0. The molecule has 0 bridgehead atoms. The van der Waals surface area contributed by atoms with Gasteiger partial charge in [-0.05, 0) is 36.9 Å². The first-order valence-electron chi connectivity index (χ1n) is 8.93. The number of amides is 1. The SMILES string of the molecule is CCCn1c(=O)c2sccc2n2c(SCC(=O)Nc3ccc(C)cc3)nnc12. The molecule has 0 radical (unpaired) electrons. The highest BCUT2D eigenvalue weighted by Crippen LogP contribution is 2.24. The predicted molar refractivity (Wildman–Crippen MR) is 113 cm³/mol. The molecule has 1 amide bonds. The first-order valence-corrected chi connectivity index (χ1v) is 10.8. The Kier molecular flexibility index (Phi) is 5.19. The van der Waals surface area contributed by atoms with Gasteiger partial charge >= 0.3 is 0 Å². The highest BCUT2D eigenvalue weighted by Gasteiger charge is 2.18. The summed E-state index contributed by atoms with van der Waals surface area (Å²) >= 11 is 2.71. The molecule has 0 aliphatic rings. The molecule has 3 heterocycles. The number of carbonyl (C=O) groups is 1. The Hall–Kier alpha value is -2.65. The standard InChI is InChI=1S/C19H19N5O2S2/c1-3-9-23-17(26)16-14(8-10-27-16)24-18(23)21-22-19(24)28-11-15(25)20-13-6-4-12(2)5-7-13/h4-8,10H,3,9,11H2,1-2H3,(H,20,25). The molecule has 0 fully saturated rings. The van der Waals surface area contributed by atoms with E-state index in [0.29, 0.717) is 22.2 Å². The van der Waals surface area contributed by atoms with E-state index in [1.165, 1.54) is 23.1 Å². The third-order valence-corrected chi connectivity index (χ3v) is 6.12. The van der Waals surface area contributed by atoms with Gasteiger partial charge in [-0.1, -0.05) is 36.4 Å². The molecule has 9 heteroatoms. The Labute approximate surface area is 169 Å². The zero-order valence-corrected chi connectivity index (χ0v) is 17.1. The summed E-state index contributed by atoms with van der Waals surface area (Å²) in [6, 6.07) is 9.56. The van der Waals surface area contributed by atoms with Gasteiger partial charge in [-0.2, -0.15) is 0 Å². The minimum atomic E-state index is -0.117. The second kappa shape index (κ2) is 7.76. The van der Waals surface area contributed by atoms with Gasteiger partial charge in [-0.25, -0.2) is 0 Å². The predicted octanol–water partition coefficient (Wildman–Crippen LogP) is 3.55. The zero-order chi connectivity index (χ0) is 19.7. The lowest BCUT2D eigenvalue weighted by molar-refractivity contribution is -0.113. The molecule has 4 rings (SSSR count). The number of nitrogens with one attached hydrogen (secondary N) is 1. The van der Waals surface area contributed by atoms with Crippen LogP contribution in [0.3, 0.4) is 0 Å². The van der Waals surface area contributed by atoms with Crippen LogP contribution in [0.15, 0.2) is 45.7 Å². The summed E-state index contributed by atoms with van der Waals surface area (Å²) in [6.07, 6.45) is 0.820. The van der Waals surface area contributed by atoms with Gasteiger partial charge in [0.1, 0.15) is 4.70 Å². The van der Waals surface area contributed by atoms with Crippen molar-refractivity contribution >= 4 is 50.7 Å². The topological polar surface area (TPSA) is 81.3 Å². The van der Waals surface area contributed by atoms with Crippen molar-refractivity contribution < 1.29 is 4.79 Å². The number of hydrogen-bond donors (Lipinski definition) is 1. The van der Waals surface area contributed by atoms with Crippen LogP contribution in [0.1, 0.15) is 18.9 Å². The number of aryl methyl sites for hydroxylation is 2. The number of benzene rings is 1. The van der Waals surface area contributed by atoms with Crippen LogP contribution in [-0.4, -0.2) is 30.8 Å². The van der Waals surface area contributed by atoms with Gasteiger partial charge in [-0.15, -0.1) is 21.5 Å². The third kappa shape index (κ3) is 3.43. The van der Waals surface area contributed by atoms with E-state index in [1.807, 2.05) is 54.0 Å². The van der Waals surface area contributed by atoms with E-state index in [0.717, 1.165) is 23.2 Å². The summed E-state index contributed by atoms with van der Waals surface area (Å²) in [5.41, 5.74) is 2.64. The van der Waals surface area contributed by atoms with Gasteiger partial charge in [0.2, 0.25) is 11.7 Å². The van der Waals surface area contributed by atoms with Gasteiger partial charge in [0, 0.05) is 12.2 Å². The van der Waals surface area contributed by atoms with Crippen LogP contribution >= 0.6 is 23.1 Å². The summed E-state index contributed by atoms with van der Waals surface area (Å²) in [5, 5.41) is 13.8. The molecule has 0 spiro atoms. The first kappa shape index (κ1) is 18.7. The molecular formula is C19H19N5O2S2. The second-order valence-corrected chi connectivity index (χ2v) is 8.27. The minimum absolute atomic E-state index is 0.0413. The number of thiophene rings is 1. The smallest absolute Gasteiger partial charge is 0.272 e. The minimum Gasteiger partial charge on any atom is -0.325 e. The van der Waals surface area contributed by atoms with Crippen LogP contribution in [0, 0.1) is 6.92 Å². The van der Waals surface area contributed by atoms with E-state index in [1.54, 1.807) is 4.57 Å². The molecule has 4 aromatic rings. The molecule has 3 aromatic heterocycles. The van der Waals surface area contributed by atoms with Gasteiger partial charge < -0.3 is 5.32 Å². The lowest BCUT2D eigenvalue weighted by atomic mass is 10.2. The summed E-state index contributed by atoms with van der Waals surface area (Å²) in [4.78, 5) is 25.0. The van der Waals surface area contributed by atoms with Gasteiger partial charge in [-0.3, -0.25) is 18.6 Å². The number of fused-ring (bicyclic) bond motifs is 3. The van der Waals surface area contributed by atoms with E-state index >= 15 is 0 Å². The molecule has 1 aromatic carbocycles. The first-order chi connectivity index (χ1) is 13.6. The van der Waals surface area contributed by atoms with Crippen molar-refractivity contribution in [2.75, 3.05) is 11.1 Å². The molecule has 28 heavy (non-hydrogen) atoms. The quantitative estimate of drug-likeness (QED) is 0.489. The van der Waals surface area contributed by atoms with Gasteiger partial charge in [0.05, 0.1) is 11.3 Å². The van der Waals surface area contributed by atoms with E-state index in [-0.39, 0.29) is 17.2 Å². The third-order valence-electron chi connectivity index (χ3n) is 4.30. The number of anilines is 1. The average molecular weight is 414 g/mol. The van der Waals surface area contributed by atoms with Crippen LogP contribution in [0.4, 0.5) is 5.69 Å². The fourth-order valence-electron chi connectivity index (χ4n) is 2.98. The molecule has 1 N–H and O–H groups in total. The molecular weight excluding hydrogens is 394 g/mol. The number of nitrogens with zero attached hydrogens (tertiary/aromatic N) is 4. The van der Waals surface area contributed by atoms with Crippen molar-refractivity contribution in [3.05, 3.63) is 51.6 Å². The zero-order valence-electron chi connectivity index (χ0n) is 15.5. The molecule has 0 unspecified atom stereocenters. The van der Waals surface area contributed by atoms with E-state index in [9.17, 15) is 9.59 Å². The van der Waals surface area contributed by atoms with Crippen LogP contribution < -0.4 is 10.9 Å². The van der Waals surface area contributed by atoms with Crippen molar-refractivity contribution in [3.8, 4) is 0 Å². The average Bonchev–Trinajstić information content (AvgIpc) is 3.32. The fourth-order valence-corrected chi connectivity index (χ4v) is 4.55. The Bertz CT molecular complexity index is 1210. The maximum Gasteiger partial charge on any atom is 0.272 e. The van der Waals surface area contributed by atoms with Crippen LogP contribution in [0.2, 0.25) is 0 Å². The molecule has 144 valence electrons. The molecule has 0 saturated heterocycles. The van der Waals surface area contributed by atoms with E-state index in [4.69, 9.17) is 0 Å². The Morgan fingerprint density at radius 1 is 1.21 bits per heavy atom. The van der Waals surface area contributed by atoms with Crippen molar-refractivity contribution in [2.45, 2.75) is 32.0 Å². The fraction of sp³-hybridized carbons (Fsp3) is 0.263. The van der Waals surface area contributed by atoms with Crippen LogP contribution in [0.5, 0.6) is 0 Å². The van der Waals surface area contributed by atoms with E-state index < -0.39 is 0 Å². The van der Waals surface area contributed by atoms with Gasteiger partial charge in [0.15, 0.2) is 5.16 Å². The van der Waals surface area contributed by atoms with Gasteiger partial charge in [0.25, 0.3) is 5.56 Å². The number of thioether (sulfide) groups is 1. The Balaban J connectivity index is 1.61. The van der Waals surface area contributed by atoms with Crippen molar-refractivity contribution in [2.24, 2.45) is 0 Å². The number of hydrogen-bond acceptors (Lipinski definition) is 6. The highest BCUT2D eigenvalue weighted by molar-refractivity contribution is 7.99. The summed E-state index contributed by atoms with van der Waals surface area (Å²) in [6.45, 7) is 4.59. The number of rotatable bonds is 6.